The van der Waals surface area contributed by atoms with E-state index in [1.165, 1.54) is 12.1 Å². The molecular weight excluding hydrogens is 816 g/mol. The van der Waals surface area contributed by atoms with Crippen LogP contribution in [0.3, 0.4) is 0 Å². The summed E-state index contributed by atoms with van der Waals surface area (Å²) in [6.07, 6.45) is 10.1. The first kappa shape index (κ1) is 32.4. The summed E-state index contributed by atoms with van der Waals surface area (Å²) < 4.78 is 0. The number of phenolic OH excluding ortho intramolecular Hbond substituents is 2. The molecule has 2 N–H and O–H groups in total. The van der Waals surface area contributed by atoms with Crippen molar-refractivity contribution in [3.05, 3.63) is 23.8 Å². The molecule has 0 fully saturated rings. The van der Waals surface area contributed by atoms with Crippen LogP contribution in [-0.2, 0) is 0 Å². The van der Waals surface area contributed by atoms with E-state index in [9.17, 15) is 15.0 Å². The van der Waals surface area contributed by atoms with Crippen molar-refractivity contribution >= 4 is 101 Å². The van der Waals surface area contributed by atoms with Gasteiger partial charge in [-0.3, -0.25) is 4.79 Å². The second-order valence-corrected chi connectivity index (χ2v) is 15.5. The molecule has 0 heterocycles. The molecule has 1 rings (SSSR count). The van der Waals surface area contributed by atoms with Crippen LogP contribution in [0.4, 0.5) is 0 Å². The molecule has 3 nitrogen and oxygen atoms in total. The lowest BCUT2D eigenvalue weighted by Crippen LogP contribution is -2.27. The quantitative estimate of drug-likeness (QED) is 0.0711. The van der Waals surface area contributed by atoms with Gasteiger partial charge >= 0.3 is 0 Å². The topological polar surface area (TPSA) is 57.5 Å². The number of carbonyl (C=O) groups excluding carboxylic acids is 1. The van der Waals surface area contributed by atoms with E-state index < -0.39 is 0 Å². The molecule has 0 aliphatic carbocycles. The second-order valence-electron chi connectivity index (χ2n) is 8.41. The van der Waals surface area contributed by atoms with Crippen LogP contribution in [0, 0.1) is 0 Å². The molecule has 0 aromatic heterocycles. The highest BCUT2D eigenvalue weighted by molar-refractivity contribution is 9.13. The molecule has 1 aromatic rings. The minimum atomic E-state index is -0.246. The third-order valence-corrected chi connectivity index (χ3v) is 14.2. The van der Waals surface area contributed by atoms with Crippen LogP contribution >= 0.6 is 95.6 Å². The van der Waals surface area contributed by atoms with Gasteiger partial charge in [0, 0.05) is 40.9 Å². The van der Waals surface area contributed by atoms with E-state index >= 15 is 0 Å². The van der Waals surface area contributed by atoms with E-state index in [-0.39, 0.29) is 17.3 Å². The van der Waals surface area contributed by atoms with Crippen LogP contribution in [0.5, 0.6) is 11.5 Å². The monoisotopic (exact) mass is 844 g/mol. The number of benzene rings is 1. The molecule has 190 valence electrons. The average molecular weight is 850 g/mol. The summed E-state index contributed by atoms with van der Waals surface area (Å²) in [5.41, 5.74) is 0.454. The minimum Gasteiger partial charge on any atom is -0.504 e. The van der Waals surface area contributed by atoms with Crippen LogP contribution in [0.25, 0.3) is 0 Å². The number of aromatic hydroxyl groups is 2. The molecule has 0 saturated carbocycles. The van der Waals surface area contributed by atoms with Gasteiger partial charge in [-0.2, -0.15) is 0 Å². The summed E-state index contributed by atoms with van der Waals surface area (Å²) in [6, 6.07) is 4.25. The maximum absolute atomic E-state index is 12.2. The first-order valence-electron chi connectivity index (χ1n) is 11.5. The zero-order valence-electron chi connectivity index (χ0n) is 18.8. The third kappa shape index (κ3) is 12.9. The number of hydrogen-bond donors (Lipinski definition) is 2. The van der Waals surface area contributed by atoms with Crippen molar-refractivity contribution in [3.8, 4) is 11.5 Å². The Labute approximate surface area is 249 Å². The smallest absolute Gasteiger partial charge is 0.163 e. The van der Waals surface area contributed by atoms with Gasteiger partial charge in [0.25, 0.3) is 0 Å². The molecule has 6 atom stereocenters. The summed E-state index contributed by atoms with van der Waals surface area (Å²) >= 11 is 23.0. The highest BCUT2D eigenvalue weighted by Gasteiger charge is 2.26. The molecule has 1 aromatic carbocycles. The summed E-state index contributed by atoms with van der Waals surface area (Å²) in [5, 5.41) is 18.9. The lowest BCUT2D eigenvalue weighted by atomic mass is 10.0. The van der Waals surface area contributed by atoms with Crippen LogP contribution in [0.15, 0.2) is 18.2 Å². The van der Waals surface area contributed by atoms with Gasteiger partial charge in [-0.25, -0.2) is 0 Å². The van der Waals surface area contributed by atoms with Gasteiger partial charge in [-0.1, -0.05) is 128 Å². The predicted molar refractivity (Wildman–Crippen MR) is 162 cm³/mol. The Morgan fingerprint density at radius 3 is 1.82 bits per heavy atom. The zero-order valence-corrected chi connectivity index (χ0v) is 28.4. The van der Waals surface area contributed by atoms with E-state index in [0.29, 0.717) is 40.9 Å². The molecule has 0 aliphatic heterocycles. The van der Waals surface area contributed by atoms with Crippen LogP contribution in [0.1, 0.15) is 81.5 Å². The number of unbranched alkanes of at least 4 members (excludes halogenated alkanes) is 4. The largest absolute Gasteiger partial charge is 0.504 e. The summed E-state index contributed by atoms with van der Waals surface area (Å²) in [7, 11) is 0. The highest BCUT2D eigenvalue weighted by atomic mass is 79.9. The highest BCUT2D eigenvalue weighted by Crippen LogP contribution is 2.33. The standard InChI is InChI=1S/C24H34Br6O3/c1-2-16(25)18(27)13-20(29)21(30)14-19(28)17(26)8-6-4-3-5-7-9-22(31)15-10-11-23(32)24(33)12-15/h10-12,16-21,32-33H,2-9,13-14H2,1H3. The van der Waals surface area contributed by atoms with Crippen molar-refractivity contribution in [2.45, 2.75) is 100 Å². The SMILES string of the molecule is CCC(Br)C(Br)CC(Br)C(Br)CC(Br)C(Br)CCCCCCCC(=O)c1ccc(O)c(O)c1. The van der Waals surface area contributed by atoms with Gasteiger partial charge in [-0.15, -0.1) is 0 Å². The van der Waals surface area contributed by atoms with Crippen LogP contribution < -0.4 is 0 Å². The molecule has 0 aliphatic rings. The number of Topliss-reactive ketones (excluding diaryl/α,β-unsaturated/α-hetero) is 1. The molecule has 33 heavy (non-hydrogen) atoms. The van der Waals surface area contributed by atoms with Crippen LogP contribution in [-0.4, -0.2) is 45.0 Å². The molecule has 9 heteroatoms. The summed E-state index contributed by atoms with van der Waals surface area (Å²) in [6.45, 7) is 2.19. The number of alkyl halides is 6. The van der Waals surface area contributed by atoms with Gasteiger partial charge in [0.2, 0.25) is 0 Å². The van der Waals surface area contributed by atoms with Crippen molar-refractivity contribution < 1.29 is 15.0 Å². The zero-order chi connectivity index (χ0) is 25.0. The summed E-state index contributed by atoms with van der Waals surface area (Å²) in [5.74, 6) is -0.437. The van der Waals surface area contributed by atoms with Gasteiger partial charge in [-0.05, 0) is 50.3 Å². The van der Waals surface area contributed by atoms with E-state index in [4.69, 9.17) is 0 Å². The van der Waals surface area contributed by atoms with E-state index in [1.807, 2.05) is 0 Å². The van der Waals surface area contributed by atoms with Gasteiger partial charge in [0.1, 0.15) is 0 Å². The first-order valence-corrected chi connectivity index (χ1v) is 17.0. The Bertz CT molecular complexity index is 705. The second kappa shape index (κ2) is 17.8. The van der Waals surface area contributed by atoms with Crippen molar-refractivity contribution in [1.29, 1.82) is 0 Å². The normalized spacial score (nSPS) is 17.2. The maximum Gasteiger partial charge on any atom is 0.163 e. The van der Waals surface area contributed by atoms with Crippen molar-refractivity contribution in [1.82, 2.24) is 0 Å². The van der Waals surface area contributed by atoms with Gasteiger partial charge < -0.3 is 10.2 Å². The Kier molecular flexibility index (Phi) is 17.4. The number of carbonyl (C=O) groups is 1. The van der Waals surface area contributed by atoms with Gasteiger partial charge in [0.15, 0.2) is 17.3 Å². The van der Waals surface area contributed by atoms with Crippen molar-refractivity contribution in [3.63, 3.8) is 0 Å². The Morgan fingerprint density at radius 2 is 1.24 bits per heavy atom. The Morgan fingerprint density at radius 1 is 0.727 bits per heavy atom. The van der Waals surface area contributed by atoms with Crippen molar-refractivity contribution in [2.24, 2.45) is 0 Å². The molecule has 0 spiro atoms. The maximum atomic E-state index is 12.2. The van der Waals surface area contributed by atoms with E-state index in [2.05, 4.69) is 103 Å². The molecular formula is C24H34Br6O3. The molecule has 0 saturated heterocycles. The fourth-order valence-electron chi connectivity index (χ4n) is 3.45. The fraction of sp³-hybridized carbons (Fsp3) is 0.708. The number of phenols is 2. The Hall–Kier alpha value is 1.37. The average Bonchev–Trinajstić information content (AvgIpc) is 2.78. The van der Waals surface area contributed by atoms with Crippen LogP contribution in [0.2, 0.25) is 0 Å². The van der Waals surface area contributed by atoms with Gasteiger partial charge in [0.05, 0.1) is 0 Å². The number of ketones is 1. The van der Waals surface area contributed by atoms with Crippen molar-refractivity contribution in [2.75, 3.05) is 0 Å². The molecule has 6 unspecified atom stereocenters. The summed E-state index contributed by atoms with van der Waals surface area (Å²) in [4.78, 5) is 14.8. The predicted octanol–water partition coefficient (Wildman–Crippen LogP) is 9.78. The first-order chi connectivity index (χ1) is 15.6. The van der Waals surface area contributed by atoms with E-state index in [1.54, 1.807) is 6.07 Å². The third-order valence-electron chi connectivity index (χ3n) is 5.65. The minimum absolute atomic E-state index is 0.00922. The lowest BCUT2D eigenvalue weighted by Gasteiger charge is -2.25. The number of hydrogen-bond acceptors (Lipinski definition) is 3. The lowest BCUT2D eigenvalue weighted by molar-refractivity contribution is 0.0978. The molecule has 0 amide bonds. The fourth-order valence-corrected chi connectivity index (χ4v) is 7.89. The Balaban J connectivity index is 2.18. The number of rotatable bonds is 17. The molecule has 0 bridgehead atoms. The van der Waals surface area contributed by atoms with E-state index in [0.717, 1.165) is 57.8 Å². The number of halogens is 6. The molecule has 0 radical (unpaired) electrons.